The molecule has 2 saturated heterocycles. The third-order valence-corrected chi connectivity index (χ3v) is 6.24. The second-order valence-corrected chi connectivity index (χ2v) is 8.05. The fourth-order valence-corrected chi connectivity index (χ4v) is 4.68. The molecule has 8 heteroatoms. The van der Waals surface area contributed by atoms with Gasteiger partial charge in [0, 0.05) is 19.0 Å². The zero-order chi connectivity index (χ0) is 19.3. The average molecular weight is 403 g/mol. The summed E-state index contributed by atoms with van der Waals surface area (Å²) >= 11 is 1.44. The van der Waals surface area contributed by atoms with Crippen LogP contribution in [0.4, 0.5) is 0 Å². The quantitative estimate of drug-likeness (QED) is 0.692. The summed E-state index contributed by atoms with van der Waals surface area (Å²) in [4.78, 5) is 14.7. The molecule has 2 aromatic rings. The van der Waals surface area contributed by atoms with Crippen molar-refractivity contribution in [3.63, 3.8) is 0 Å². The smallest absolute Gasteiger partial charge is 0.233 e. The van der Waals surface area contributed by atoms with Crippen molar-refractivity contribution in [3.8, 4) is 5.69 Å². The molecule has 0 bridgehead atoms. The minimum absolute atomic E-state index is 0.131. The Morgan fingerprint density at radius 2 is 2.11 bits per heavy atom. The van der Waals surface area contributed by atoms with Gasteiger partial charge in [-0.25, -0.2) is 0 Å². The maximum absolute atomic E-state index is 12.8. The van der Waals surface area contributed by atoms with Crippen molar-refractivity contribution < 1.29 is 14.3 Å². The van der Waals surface area contributed by atoms with Crippen molar-refractivity contribution in [2.24, 2.45) is 5.92 Å². The topological polar surface area (TPSA) is 69.5 Å². The number of hydrogen-bond donors (Lipinski definition) is 0. The van der Waals surface area contributed by atoms with Crippen molar-refractivity contribution in [1.82, 2.24) is 19.7 Å². The fraction of sp³-hybridized carbons (Fsp3) is 0.550. The number of hydrogen-bond acceptors (Lipinski definition) is 6. The summed E-state index contributed by atoms with van der Waals surface area (Å²) in [5.74, 6) is 0.753. The minimum atomic E-state index is -0.156. The molecule has 150 valence electrons. The van der Waals surface area contributed by atoms with Gasteiger partial charge in [0.2, 0.25) is 5.91 Å². The first-order chi connectivity index (χ1) is 13.8. The van der Waals surface area contributed by atoms with Crippen LogP contribution in [0.15, 0.2) is 35.7 Å². The summed E-state index contributed by atoms with van der Waals surface area (Å²) in [6.07, 6.45) is 4.52. The summed E-state index contributed by atoms with van der Waals surface area (Å²) in [5, 5.41) is 9.03. The summed E-state index contributed by atoms with van der Waals surface area (Å²) in [7, 11) is 0. The van der Waals surface area contributed by atoms with Crippen LogP contribution in [0.1, 0.15) is 25.3 Å². The standard InChI is InChI=1S/C20H26N4O3S/c1-2-15-6-3-4-8-17(15)24-14-21-22-20(24)28-13-18(25)23-9-5-7-16(12-23)19-26-10-11-27-19/h3-4,6,8,14,16,19H,2,5,7,9-13H2,1H3. The van der Waals surface area contributed by atoms with E-state index in [1.165, 1.54) is 17.3 Å². The fourth-order valence-electron chi connectivity index (χ4n) is 3.86. The van der Waals surface area contributed by atoms with Gasteiger partial charge in [-0.2, -0.15) is 0 Å². The highest BCUT2D eigenvalue weighted by Gasteiger charge is 2.32. The zero-order valence-corrected chi connectivity index (χ0v) is 16.9. The Hall–Kier alpha value is -1.90. The predicted octanol–water partition coefficient (Wildman–Crippen LogP) is 2.53. The van der Waals surface area contributed by atoms with Crippen LogP contribution in [0.2, 0.25) is 0 Å². The Kier molecular flexibility index (Phi) is 6.29. The molecule has 1 atom stereocenters. The average Bonchev–Trinajstić information content (AvgIpc) is 3.44. The number of aryl methyl sites for hydroxylation is 1. The van der Waals surface area contributed by atoms with Gasteiger partial charge in [0.1, 0.15) is 6.33 Å². The maximum Gasteiger partial charge on any atom is 0.233 e. The number of para-hydroxylation sites is 1. The largest absolute Gasteiger partial charge is 0.350 e. The molecule has 4 rings (SSSR count). The van der Waals surface area contributed by atoms with Crippen LogP contribution < -0.4 is 0 Å². The van der Waals surface area contributed by atoms with E-state index < -0.39 is 0 Å². The van der Waals surface area contributed by atoms with Crippen LogP contribution in [0, 0.1) is 5.92 Å². The van der Waals surface area contributed by atoms with E-state index >= 15 is 0 Å². The van der Waals surface area contributed by atoms with Crippen molar-refractivity contribution in [1.29, 1.82) is 0 Å². The van der Waals surface area contributed by atoms with Crippen LogP contribution in [0.25, 0.3) is 5.69 Å². The van der Waals surface area contributed by atoms with Crippen molar-refractivity contribution in [2.45, 2.75) is 37.6 Å². The van der Waals surface area contributed by atoms with E-state index in [1.807, 2.05) is 21.6 Å². The van der Waals surface area contributed by atoms with Gasteiger partial charge in [-0.05, 0) is 30.9 Å². The number of benzene rings is 1. The van der Waals surface area contributed by atoms with Crippen LogP contribution in [-0.4, -0.2) is 63.9 Å². The van der Waals surface area contributed by atoms with Gasteiger partial charge in [0.05, 0.1) is 24.7 Å². The number of rotatable bonds is 6. The Morgan fingerprint density at radius 1 is 1.29 bits per heavy atom. The number of carbonyl (C=O) groups is 1. The summed E-state index contributed by atoms with van der Waals surface area (Å²) < 4.78 is 13.2. The molecule has 2 aliphatic heterocycles. The molecule has 1 aromatic heterocycles. The lowest BCUT2D eigenvalue weighted by molar-refractivity contribution is -0.136. The molecule has 1 amide bonds. The summed E-state index contributed by atoms with van der Waals surface area (Å²) in [6.45, 7) is 4.94. The highest BCUT2D eigenvalue weighted by molar-refractivity contribution is 7.99. The Morgan fingerprint density at radius 3 is 2.93 bits per heavy atom. The second kappa shape index (κ2) is 9.07. The van der Waals surface area contributed by atoms with Gasteiger partial charge >= 0.3 is 0 Å². The normalized spacial score (nSPS) is 20.6. The van der Waals surface area contributed by atoms with Gasteiger partial charge in [0.25, 0.3) is 0 Å². The van der Waals surface area contributed by atoms with E-state index in [0.29, 0.717) is 25.5 Å². The van der Waals surface area contributed by atoms with Gasteiger partial charge < -0.3 is 14.4 Å². The molecule has 1 aromatic carbocycles. The monoisotopic (exact) mass is 402 g/mol. The second-order valence-electron chi connectivity index (χ2n) is 7.11. The molecule has 3 heterocycles. The number of likely N-dealkylation sites (tertiary alicyclic amines) is 1. The molecule has 2 fully saturated rings. The minimum Gasteiger partial charge on any atom is -0.350 e. The molecule has 1 unspecified atom stereocenters. The van der Waals surface area contributed by atoms with Crippen LogP contribution in [0.5, 0.6) is 0 Å². The Labute approximate surface area is 169 Å². The third kappa shape index (κ3) is 4.24. The first-order valence-corrected chi connectivity index (χ1v) is 10.9. The van der Waals surface area contributed by atoms with E-state index in [1.54, 1.807) is 6.33 Å². The van der Waals surface area contributed by atoms with Crippen LogP contribution in [0.3, 0.4) is 0 Å². The number of thioether (sulfide) groups is 1. The molecule has 0 N–H and O–H groups in total. The molecule has 0 aliphatic carbocycles. The number of amides is 1. The number of aromatic nitrogens is 3. The Balaban J connectivity index is 1.38. The van der Waals surface area contributed by atoms with Crippen LogP contribution >= 0.6 is 11.8 Å². The number of nitrogens with zero attached hydrogens (tertiary/aromatic N) is 4. The lowest BCUT2D eigenvalue weighted by Gasteiger charge is -2.34. The van der Waals surface area contributed by atoms with Crippen molar-refractivity contribution >= 4 is 17.7 Å². The molecule has 0 radical (unpaired) electrons. The number of piperidine rings is 1. The maximum atomic E-state index is 12.8. The SMILES string of the molecule is CCc1ccccc1-n1cnnc1SCC(=O)N1CCCC(C2OCCO2)C1. The van der Waals surface area contributed by atoms with Gasteiger partial charge in [0.15, 0.2) is 11.4 Å². The first kappa shape index (κ1) is 19.4. The van der Waals surface area contributed by atoms with Gasteiger partial charge in [-0.15, -0.1) is 10.2 Å². The molecule has 2 aliphatic rings. The van der Waals surface area contributed by atoms with Gasteiger partial charge in [-0.1, -0.05) is 36.9 Å². The van der Waals surface area contributed by atoms with Crippen molar-refractivity contribution in [2.75, 3.05) is 32.1 Å². The van der Waals surface area contributed by atoms with Gasteiger partial charge in [-0.3, -0.25) is 9.36 Å². The zero-order valence-electron chi connectivity index (χ0n) is 16.1. The highest BCUT2D eigenvalue weighted by atomic mass is 32.2. The molecule has 28 heavy (non-hydrogen) atoms. The predicted molar refractivity (Wildman–Crippen MR) is 106 cm³/mol. The lowest BCUT2D eigenvalue weighted by atomic mass is 9.97. The van der Waals surface area contributed by atoms with Crippen LogP contribution in [-0.2, 0) is 20.7 Å². The lowest BCUT2D eigenvalue weighted by Crippen LogP contribution is -2.44. The van der Waals surface area contributed by atoms with E-state index in [9.17, 15) is 4.79 Å². The van der Waals surface area contributed by atoms with E-state index in [2.05, 4.69) is 29.3 Å². The molecule has 7 nitrogen and oxygen atoms in total. The summed E-state index contributed by atoms with van der Waals surface area (Å²) in [5.41, 5.74) is 2.30. The van der Waals surface area contributed by atoms with Crippen molar-refractivity contribution in [3.05, 3.63) is 36.2 Å². The first-order valence-electron chi connectivity index (χ1n) is 9.88. The Bertz CT molecular complexity index is 806. The van der Waals surface area contributed by atoms with E-state index in [0.717, 1.165) is 36.7 Å². The van der Waals surface area contributed by atoms with E-state index in [-0.39, 0.29) is 18.1 Å². The molecule has 0 spiro atoms. The molecule has 0 saturated carbocycles. The molecular weight excluding hydrogens is 376 g/mol. The third-order valence-electron chi connectivity index (χ3n) is 5.32. The number of ether oxygens (including phenoxy) is 2. The van der Waals surface area contributed by atoms with E-state index in [4.69, 9.17) is 9.47 Å². The molecular formula is C20H26N4O3S. The highest BCUT2D eigenvalue weighted by Crippen LogP contribution is 2.27. The number of carbonyl (C=O) groups excluding carboxylic acids is 1. The summed E-state index contributed by atoms with van der Waals surface area (Å²) in [6, 6.07) is 8.21.